The van der Waals surface area contributed by atoms with Crippen LogP contribution in [0.5, 0.6) is 0 Å². The molecule has 13 aromatic carbocycles. The summed E-state index contributed by atoms with van der Waals surface area (Å²) in [6.45, 7) is 0. The molecule has 0 aliphatic carbocycles. The van der Waals surface area contributed by atoms with Crippen LogP contribution in [0.15, 0.2) is 468 Å². The van der Waals surface area contributed by atoms with Crippen molar-refractivity contribution in [3.63, 3.8) is 0 Å². The third-order valence-electron chi connectivity index (χ3n) is 26.8. The van der Waals surface area contributed by atoms with E-state index in [4.69, 9.17) is 34.9 Å². The van der Waals surface area contributed by atoms with E-state index in [0.717, 1.165) is 276 Å². The first-order valence-electron chi connectivity index (χ1n) is 47.1. The summed E-state index contributed by atoms with van der Waals surface area (Å²) in [4.78, 5) is 72.0. The summed E-state index contributed by atoms with van der Waals surface area (Å²) in [5.41, 5.74) is 35.5. The van der Waals surface area contributed by atoms with E-state index in [0.29, 0.717) is 0 Å². The fourth-order valence-corrected chi connectivity index (χ4v) is 19.5. The van der Waals surface area contributed by atoms with Crippen LogP contribution in [0.3, 0.4) is 0 Å². The molecule has 0 fully saturated rings. The van der Waals surface area contributed by atoms with E-state index in [1.807, 2.05) is 128 Å². The molecule has 0 radical (unpaired) electrons. The molecule has 15 aromatic heterocycles. The topological polar surface area (TPSA) is 193 Å². The van der Waals surface area contributed by atoms with Gasteiger partial charge in [0.15, 0.2) is 0 Å². The van der Waals surface area contributed by atoms with Gasteiger partial charge >= 0.3 is 0 Å². The Hall–Kier alpha value is -19.5. The highest BCUT2D eigenvalue weighted by Crippen LogP contribution is 2.42. The molecule has 0 atom stereocenters. The lowest BCUT2D eigenvalue weighted by atomic mass is 9.95. The molecule has 28 aromatic rings. The standard InChI is InChI=1S/C45H27N5.2C41H25N5/c1-2-8-35-34(7-1)36(19-20-37(35)39-22-18-31-13-12-30-6-5-25-47-44(30)45(31)50-39)38-21-16-28-10-14-32(26-42(28)48-38)33-15-11-29-17-23-41(49-43(29)27-33)40-9-3-4-24-46-40;1-2-20-42-36(7-1)37-19-17-29-13-15-31(25-39(29)46-37)30-14-12-28-16-18-35(45-38(28)24-30)27-10-8-26(9-11-27)34-23-32-5-3-21-43-40(32)41-33(34)6-4-22-44-41;1-2-21-42-36(5-1)37-19-16-29-11-13-32(25-39(29)46-37)31-12-10-28-15-18-35(45-38(28)24-31)27-8-6-26(7-9-27)33-20-23-44-41-34(33)17-14-30-4-3-22-43-40(30)41/h1-27H;2*1-25H. The maximum atomic E-state index is 5.23. The molecule has 0 N–H and O–H groups in total. The zero-order valence-corrected chi connectivity index (χ0v) is 76.2. The summed E-state index contributed by atoms with van der Waals surface area (Å²) in [6, 6.07) is 145. The van der Waals surface area contributed by atoms with Gasteiger partial charge < -0.3 is 0 Å². The first-order chi connectivity index (χ1) is 70.3. The molecule has 15 nitrogen and oxygen atoms in total. The van der Waals surface area contributed by atoms with Crippen LogP contribution in [-0.4, -0.2) is 74.8 Å². The van der Waals surface area contributed by atoms with Crippen LogP contribution in [-0.2, 0) is 0 Å². The second-order valence-electron chi connectivity index (χ2n) is 35.3. The minimum Gasteiger partial charge on any atom is -0.255 e. The van der Waals surface area contributed by atoms with Crippen LogP contribution in [0.2, 0.25) is 0 Å². The molecule has 0 unspecified atom stereocenters. The molecule has 15 heteroatoms. The quantitative estimate of drug-likeness (QED) is 0.105. The zero-order chi connectivity index (χ0) is 93.9. The Balaban J connectivity index is 0.000000109. The summed E-state index contributed by atoms with van der Waals surface area (Å²) in [6.07, 6.45) is 14.6. The fraction of sp³-hybridized carbons (Fsp3) is 0. The van der Waals surface area contributed by atoms with Crippen molar-refractivity contribution in [1.29, 1.82) is 0 Å². The molecule has 28 rings (SSSR count). The smallest absolute Gasteiger partial charge is 0.0972 e. The lowest BCUT2D eigenvalue weighted by Crippen LogP contribution is -1.92. The van der Waals surface area contributed by atoms with E-state index < -0.39 is 0 Å². The maximum Gasteiger partial charge on any atom is 0.0972 e. The van der Waals surface area contributed by atoms with Crippen LogP contribution < -0.4 is 0 Å². The SMILES string of the molecule is c1ccc(-c2ccc3ccc(-c4ccc5ccc(-c6ccc(-c7cc8cccnc8c8ncccc78)cc6)nc5c4)cc3n2)nc1.c1ccc(-c2ccc3ccc(-c4ccc5ccc(-c6ccc(-c7ccc8ccc9cccnc9c8n7)c7ccccc67)nc5c4)cc3n2)nc1.c1ccc(-c2ccc3ccc(-c4ccc5ccc(-c6ccc(-c7ccnc8c7ccc7cccnc78)cc6)nc5c4)cc3n2)nc1. The third-order valence-corrected chi connectivity index (χ3v) is 26.8. The highest BCUT2D eigenvalue weighted by molar-refractivity contribution is 6.12. The van der Waals surface area contributed by atoms with Gasteiger partial charge in [0.1, 0.15) is 0 Å². The summed E-state index contributed by atoms with van der Waals surface area (Å²) in [7, 11) is 0. The van der Waals surface area contributed by atoms with Gasteiger partial charge in [-0.15, -0.1) is 0 Å². The van der Waals surface area contributed by atoms with Crippen LogP contribution >= 0.6 is 0 Å². The lowest BCUT2D eigenvalue weighted by molar-refractivity contribution is 1.28. The minimum atomic E-state index is 0.861. The minimum absolute atomic E-state index is 0.861. The first-order valence-corrected chi connectivity index (χ1v) is 47.1. The summed E-state index contributed by atoms with van der Waals surface area (Å²) >= 11 is 0. The zero-order valence-electron chi connectivity index (χ0n) is 76.2. The van der Waals surface area contributed by atoms with Crippen molar-refractivity contribution in [1.82, 2.24) is 74.8 Å². The predicted molar refractivity (Wildman–Crippen MR) is 579 cm³/mol. The van der Waals surface area contributed by atoms with Crippen molar-refractivity contribution in [2.75, 3.05) is 0 Å². The second kappa shape index (κ2) is 35.6. The number of rotatable bonds is 12. The highest BCUT2D eigenvalue weighted by atomic mass is 14.8. The Labute approximate surface area is 813 Å². The van der Waals surface area contributed by atoms with Gasteiger partial charge in [-0.3, -0.25) is 39.9 Å². The van der Waals surface area contributed by atoms with Gasteiger partial charge in [-0.1, -0.05) is 267 Å². The molecule has 142 heavy (non-hydrogen) atoms. The van der Waals surface area contributed by atoms with E-state index in [9.17, 15) is 0 Å². The second-order valence-corrected chi connectivity index (χ2v) is 35.3. The number of benzene rings is 13. The van der Waals surface area contributed by atoms with Gasteiger partial charge in [-0.05, 0) is 218 Å². The van der Waals surface area contributed by atoms with E-state index in [-0.39, 0.29) is 0 Å². The van der Waals surface area contributed by atoms with Crippen LogP contribution in [0.1, 0.15) is 0 Å². The van der Waals surface area contributed by atoms with Crippen LogP contribution in [0, 0.1) is 0 Å². The van der Waals surface area contributed by atoms with E-state index in [1.54, 1.807) is 18.6 Å². The van der Waals surface area contributed by atoms with Crippen molar-refractivity contribution in [3.05, 3.63) is 468 Å². The molecule has 0 aliphatic heterocycles. The molecule has 0 spiro atoms. The first kappa shape index (κ1) is 83.1. The Morgan fingerprint density at radius 2 is 0.387 bits per heavy atom. The van der Waals surface area contributed by atoms with Crippen molar-refractivity contribution >= 4 is 142 Å². The van der Waals surface area contributed by atoms with Gasteiger partial charge in [0.05, 0.1) is 123 Å². The lowest BCUT2D eigenvalue weighted by Gasteiger charge is -2.13. The summed E-state index contributed by atoms with van der Waals surface area (Å²) in [5, 5.41) is 15.4. The fourth-order valence-electron chi connectivity index (χ4n) is 19.5. The van der Waals surface area contributed by atoms with Crippen molar-refractivity contribution < 1.29 is 0 Å². The van der Waals surface area contributed by atoms with Gasteiger partial charge in [0.25, 0.3) is 0 Å². The average molecular weight is 1810 g/mol. The van der Waals surface area contributed by atoms with Gasteiger partial charge in [0.2, 0.25) is 0 Å². The summed E-state index contributed by atoms with van der Waals surface area (Å²) in [5.74, 6) is 0. The Morgan fingerprint density at radius 3 is 0.810 bits per heavy atom. The maximum absolute atomic E-state index is 5.23. The third kappa shape index (κ3) is 15.8. The number of hydrogen-bond donors (Lipinski definition) is 0. The summed E-state index contributed by atoms with van der Waals surface area (Å²) < 4.78 is 0. The molecule has 660 valence electrons. The Kier molecular flexibility index (Phi) is 20.9. The largest absolute Gasteiger partial charge is 0.255 e. The van der Waals surface area contributed by atoms with Crippen molar-refractivity contribution in [2.24, 2.45) is 0 Å². The molecule has 0 saturated carbocycles. The Bertz CT molecular complexity index is 9860. The van der Waals surface area contributed by atoms with Crippen molar-refractivity contribution in [3.8, 4) is 135 Å². The molecule has 0 bridgehead atoms. The highest BCUT2D eigenvalue weighted by Gasteiger charge is 2.20. The molecular weight excluding hydrogens is 1740 g/mol. The van der Waals surface area contributed by atoms with Crippen molar-refractivity contribution in [2.45, 2.75) is 0 Å². The monoisotopic (exact) mass is 1810 g/mol. The van der Waals surface area contributed by atoms with Gasteiger partial charge in [-0.25, -0.2) is 34.9 Å². The average Bonchev–Trinajstić information content (AvgIpc) is 0.759. The molecule has 15 heterocycles. The molecular formula is C127H77N15. The van der Waals surface area contributed by atoms with Crippen LogP contribution in [0.25, 0.3) is 276 Å². The molecule has 0 aliphatic rings. The van der Waals surface area contributed by atoms with Gasteiger partial charge in [0, 0.05) is 136 Å². The number of hydrogen-bond acceptors (Lipinski definition) is 15. The predicted octanol–water partition coefficient (Wildman–Crippen LogP) is 31.0. The molecule has 0 amide bonds. The molecule has 0 saturated heterocycles. The van der Waals surface area contributed by atoms with Gasteiger partial charge in [-0.2, -0.15) is 0 Å². The Morgan fingerprint density at radius 1 is 0.113 bits per heavy atom. The normalized spacial score (nSPS) is 11.5. The van der Waals surface area contributed by atoms with Crippen LogP contribution in [0.4, 0.5) is 0 Å². The number of nitrogens with zero attached hydrogens (tertiary/aromatic N) is 15. The van der Waals surface area contributed by atoms with E-state index in [1.165, 1.54) is 0 Å². The van der Waals surface area contributed by atoms with E-state index in [2.05, 4.69) is 361 Å². The number of aromatic nitrogens is 15. The number of fused-ring (bicyclic) bond motifs is 16. The number of pyridine rings is 15. The van der Waals surface area contributed by atoms with E-state index >= 15 is 0 Å².